The van der Waals surface area contributed by atoms with E-state index in [2.05, 4.69) is 20.3 Å². The molecule has 0 saturated carbocycles. The van der Waals surface area contributed by atoms with Crippen LogP contribution < -0.4 is 20.5 Å². The lowest BCUT2D eigenvalue weighted by Gasteiger charge is -2.22. The van der Waals surface area contributed by atoms with Gasteiger partial charge in [-0.15, -0.1) is 11.3 Å². The summed E-state index contributed by atoms with van der Waals surface area (Å²) in [4.78, 5) is 41.2. The molecule has 0 fully saturated rings. The van der Waals surface area contributed by atoms with Crippen molar-refractivity contribution in [3.8, 4) is 17.0 Å². The lowest BCUT2D eigenvalue weighted by atomic mass is 10.2. The zero-order valence-corrected chi connectivity index (χ0v) is 21.4. The maximum Gasteiger partial charge on any atom is 0.294 e. The molecule has 0 saturated heterocycles. The zero-order chi connectivity index (χ0) is 26.0. The molecule has 1 N–H and O–H groups in total. The molecule has 0 spiro atoms. The summed E-state index contributed by atoms with van der Waals surface area (Å²) < 4.78 is 6.95. The van der Waals surface area contributed by atoms with Gasteiger partial charge in [-0.05, 0) is 20.2 Å². The summed E-state index contributed by atoms with van der Waals surface area (Å²) in [5, 5.41) is 17.4. The van der Waals surface area contributed by atoms with E-state index >= 15 is 0 Å². The number of ether oxygens (including phenoxy) is 1. The normalized spacial score (nSPS) is 11.2. The highest BCUT2D eigenvalue weighted by atomic mass is 32.1. The molecular weight excluding hydrogens is 484 g/mol. The van der Waals surface area contributed by atoms with E-state index in [-0.39, 0.29) is 17.2 Å². The summed E-state index contributed by atoms with van der Waals surface area (Å²) in [6.07, 6.45) is 1.59. The van der Waals surface area contributed by atoms with E-state index in [1.54, 1.807) is 43.3 Å². The molecule has 1 aromatic carbocycles. The van der Waals surface area contributed by atoms with Crippen LogP contribution in [0, 0.1) is 10.1 Å². The minimum absolute atomic E-state index is 0.0827. The molecule has 3 aromatic heterocycles. The van der Waals surface area contributed by atoms with Crippen molar-refractivity contribution < 1.29 is 9.66 Å². The van der Waals surface area contributed by atoms with Gasteiger partial charge in [-0.3, -0.25) is 19.5 Å². The van der Waals surface area contributed by atoms with Crippen LogP contribution in [0.3, 0.4) is 0 Å². The molecule has 4 aromatic rings. The number of anilines is 3. The first-order valence-electron chi connectivity index (χ1n) is 10.9. The smallest absolute Gasteiger partial charge is 0.294 e. The summed E-state index contributed by atoms with van der Waals surface area (Å²) in [6.45, 7) is 1.32. The number of nitrogens with zero attached hydrogens (tertiary/aromatic N) is 7. The van der Waals surface area contributed by atoms with Crippen molar-refractivity contribution in [2.45, 2.75) is 0 Å². The van der Waals surface area contributed by atoms with Crippen molar-refractivity contribution >= 4 is 45.4 Å². The van der Waals surface area contributed by atoms with Crippen molar-refractivity contribution in [3.63, 3.8) is 0 Å². The molecule has 0 aliphatic rings. The lowest BCUT2D eigenvalue weighted by molar-refractivity contribution is -0.384. The van der Waals surface area contributed by atoms with E-state index < -0.39 is 4.92 Å². The Morgan fingerprint density at radius 1 is 1.19 bits per heavy atom. The standard InChI is InChI=1S/C23H26N8O4S/c1-28(2)6-7-29(3)18-10-20(35-5)16(9-19(18)31(33)34)26-23-24-11-14-8-15(17-12-36-13-25-17)22(32)30(4)21(14)27-23/h8-13H,6-7H2,1-5H3,(H,24,26,27). The fourth-order valence-electron chi connectivity index (χ4n) is 3.70. The molecule has 4 rings (SSSR count). The van der Waals surface area contributed by atoms with Crippen molar-refractivity contribution in [2.24, 2.45) is 7.05 Å². The first-order valence-corrected chi connectivity index (χ1v) is 11.9. The summed E-state index contributed by atoms with van der Waals surface area (Å²) in [6, 6.07) is 4.73. The summed E-state index contributed by atoms with van der Waals surface area (Å²) >= 11 is 1.41. The van der Waals surface area contributed by atoms with Gasteiger partial charge >= 0.3 is 0 Å². The van der Waals surface area contributed by atoms with E-state index in [4.69, 9.17) is 4.74 Å². The molecule has 12 nitrogen and oxygen atoms in total. The SMILES string of the molecule is COc1cc(N(C)CCN(C)C)c([N+](=O)[O-])cc1Nc1ncc2cc(-c3cscn3)c(=O)n(C)c2n1. The number of fused-ring (bicyclic) bond motifs is 1. The average molecular weight is 511 g/mol. The largest absolute Gasteiger partial charge is 0.494 e. The number of nitro benzene ring substituents is 1. The molecule has 3 heterocycles. The van der Waals surface area contributed by atoms with Crippen molar-refractivity contribution in [3.05, 3.63) is 55.8 Å². The summed E-state index contributed by atoms with van der Waals surface area (Å²) in [5.41, 5.74) is 3.57. The van der Waals surface area contributed by atoms with Gasteiger partial charge in [-0.2, -0.15) is 4.98 Å². The first kappa shape index (κ1) is 25.0. The van der Waals surface area contributed by atoms with Gasteiger partial charge in [-0.25, -0.2) is 9.97 Å². The van der Waals surface area contributed by atoms with Gasteiger partial charge in [-0.1, -0.05) is 0 Å². The number of nitro groups is 1. The van der Waals surface area contributed by atoms with E-state index in [1.165, 1.54) is 29.1 Å². The van der Waals surface area contributed by atoms with Crippen LogP contribution in [0.4, 0.5) is 23.0 Å². The Hall–Kier alpha value is -4.10. The maximum absolute atomic E-state index is 12.9. The molecule has 0 aliphatic carbocycles. The number of hydrogen-bond acceptors (Lipinski definition) is 11. The molecule has 0 unspecified atom stereocenters. The number of thiazole rings is 1. The number of likely N-dealkylation sites (N-methyl/N-ethyl adjacent to an activating group) is 2. The molecule has 13 heteroatoms. The molecule has 0 bridgehead atoms. The molecule has 188 valence electrons. The third-order valence-electron chi connectivity index (χ3n) is 5.69. The van der Waals surface area contributed by atoms with Crippen LogP contribution >= 0.6 is 11.3 Å². The number of nitrogens with one attached hydrogen (secondary N) is 1. The van der Waals surface area contributed by atoms with E-state index in [0.717, 1.165) is 6.54 Å². The van der Waals surface area contributed by atoms with Gasteiger partial charge in [0.25, 0.3) is 11.2 Å². The highest BCUT2D eigenvalue weighted by Gasteiger charge is 2.22. The van der Waals surface area contributed by atoms with Crippen molar-refractivity contribution in [1.29, 1.82) is 0 Å². The van der Waals surface area contributed by atoms with Gasteiger partial charge in [0.1, 0.15) is 17.1 Å². The number of aryl methyl sites for hydroxylation is 1. The fourth-order valence-corrected chi connectivity index (χ4v) is 4.26. The predicted molar refractivity (Wildman–Crippen MR) is 141 cm³/mol. The topological polar surface area (TPSA) is 132 Å². The Morgan fingerprint density at radius 3 is 2.61 bits per heavy atom. The van der Waals surface area contributed by atoms with Crippen LogP contribution in [-0.4, -0.2) is 70.7 Å². The minimum Gasteiger partial charge on any atom is -0.494 e. The van der Waals surface area contributed by atoms with Crippen LogP contribution in [0.5, 0.6) is 5.75 Å². The number of aromatic nitrogens is 4. The average Bonchev–Trinajstić information content (AvgIpc) is 3.39. The van der Waals surface area contributed by atoms with Crippen molar-refractivity contribution in [1.82, 2.24) is 24.4 Å². The van der Waals surface area contributed by atoms with Crippen molar-refractivity contribution in [2.75, 3.05) is 51.6 Å². The van der Waals surface area contributed by atoms with Gasteiger partial charge < -0.3 is 19.9 Å². The fraction of sp³-hybridized carbons (Fsp3) is 0.304. The molecular formula is C23H26N8O4S. The van der Waals surface area contributed by atoms with Crippen LogP contribution in [-0.2, 0) is 7.05 Å². The Bertz CT molecular complexity index is 1470. The van der Waals surface area contributed by atoms with Gasteiger partial charge in [0.05, 0.1) is 34.5 Å². The van der Waals surface area contributed by atoms with Gasteiger partial charge in [0.15, 0.2) is 0 Å². The quantitative estimate of drug-likeness (QED) is 0.265. The first-order chi connectivity index (χ1) is 17.2. The van der Waals surface area contributed by atoms with Crippen LogP contribution in [0.25, 0.3) is 22.3 Å². The van der Waals surface area contributed by atoms with Gasteiger partial charge in [0, 0.05) is 56.3 Å². The zero-order valence-electron chi connectivity index (χ0n) is 20.6. The third-order valence-corrected chi connectivity index (χ3v) is 6.28. The molecule has 0 atom stereocenters. The Balaban J connectivity index is 1.72. The lowest BCUT2D eigenvalue weighted by Crippen LogP contribution is -2.29. The van der Waals surface area contributed by atoms with Gasteiger partial charge in [0.2, 0.25) is 5.95 Å². The third kappa shape index (κ3) is 4.97. The molecule has 0 amide bonds. The number of methoxy groups -OCH3 is 1. The minimum atomic E-state index is -0.433. The number of pyridine rings is 1. The maximum atomic E-state index is 12.9. The number of hydrogen-bond donors (Lipinski definition) is 1. The Kier molecular flexibility index (Phi) is 7.12. The Morgan fingerprint density at radius 2 is 1.97 bits per heavy atom. The van der Waals surface area contributed by atoms with E-state index in [1.807, 2.05) is 23.9 Å². The highest BCUT2D eigenvalue weighted by molar-refractivity contribution is 7.07. The Labute approximate surface area is 211 Å². The number of benzene rings is 1. The second-order valence-electron chi connectivity index (χ2n) is 8.42. The van der Waals surface area contributed by atoms with E-state index in [9.17, 15) is 14.9 Å². The highest BCUT2D eigenvalue weighted by Crippen LogP contribution is 2.39. The second kappa shape index (κ2) is 10.3. The molecule has 0 aliphatic heterocycles. The summed E-state index contributed by atoms with van der Waals surface area (Å²) in [7, 11) is 8.79. The molecule has 0 radical (unpaired) electrons. The predicted octanol–water partition coefficient (Wildman–Crippen LogP) is 3.11. The monoisotopic (exact) mass is 510 g/mol. The summed E-state index contributed by atoms with van der Waals surface area (Å²) in [5.74, 6) is 0.559. The van der Waals surface area contributed by atoms with Crippen LogP contribution in [0.1, 0.15) is 0 Å². The van der Waals surface area contributed by atoms with Crippen LogP contribution in [0.15, 0.2) is 40.1 Å². The van der Waals surface area contributed by atoms with E-state index in [0.29, 0.717) is 46.0 Å². The number of rotatable bonds is 9. The second-order valence-corrected chi connectivity index (χ2v) is 9.14. The molecule has 36 heavy (non-hydrogen) atoms. The van der Waals surface area contributed by atoms with Crippen LogP contribution in [0.2, 0.25) is 0 Å².